The molecule has 0 radical (unpaired) electrons. The van der Waals surface area contributed by atoms with E-state index in [4.69, 9.17) is 36.1 Å². The number of hydrogen-bond acceptors (Lipinski definition) is 8. The van der Waals surface area contributed by atoms with Gasteiger partial charge in [-0.05, 0) is 109 Å². The van der Waals surface area contributed by atoms with Crippen molar-refractivity contribution in [2.45, 2.75) is 84.1 Å². The Morgan fingerprint density at radius 2 is 1.77 bits per heavy atom. The third-order valence-electron chi connectivity index (χ3n) is 9.36. The number of aryl methyl sites for hydroxylation is 1. The van der Waals surface area contributed by atoms with Crippen molar-refractivity contribution in [2.75, 3.05) is 26.3 Å². The minimum absolute atomic E-state index is 0.207. The predicted octanol–water partition coefficient (Wildman–Crippen LogP) is 8.44. The summed E-state index contributed by atoms with van der Waals surface area (Å²) in [4.78, 5) is 25.7. The molecule has 0 aliphatic carbocycles. The van der Waals surface area contributed by atoms with E-state index in [1.165, 1.54) is 17.0 Å². The summed E-state index contributed by atoms with van der Waals surface area (Å²) in [5.41, 5.74) is 6.97. The van der Waals surface area contributed by atoms with Crippen LogP contribution in [0, 0.1) is 6.92 Å². The van der Waals surface area contributed by atoms with Crippen molar-refractivity contribution < 1.29 is 19.4 Å². The molecular weight excluding hydrogens is 646 g/mol. The number of benzene rings is 2. The van der Waals surface area contributed by atoms with Crippen LogP contribution < -0.4 is 0 Å². The Labute approximate surface area is 289 Å². The van der Waals surface area contributed by atoms with Crippen molar-refractivity contribution in [1.82, 2.24) is 24.6 Å². The lowest BCUT2D eigenvalue weighted by Crippen LogP contribution is -2.51. The SMILES string of the molecule is Cc1cc2nc(-c3ccc4nn(C(C)C)c(C5CCN(C6COC6)CC5)c4n3)sc2c(-c2ccc(Cl)cc2)c1[C@H](OC(C)(C)C)C(=O)O. The maximum absolute atomic E-state index is 12.8. The summed E-state index contributed by atoms with van der Waals surface area (Å²) in [6.07, 6.45) is 0.948. The van der Waals surface area contributed by atoms with Gasteiger partial charge < -0.3 is 14.6 Å². The number of halogens is 1. The fourth-order valence-electron chi connectivity index (χ4n) is 7.01. The number of rotatable bonds is 8. The second-order valence-electron chi connectivity index (χ2n) is 14.3. The van der Waals surface area contributed by atoms with Crippen LogP contribution in [0.25, 0.3) is 43.1 Å². The Hall–Kier alpha value is -3.41. The molecule has 9 nitrogen and oxygen atoms in total. The molecule has 2 fully saturated rings. The highest BCUT2D eigenvalue weighted by molar-refractivity contribution is 7.22. The molecule has 2 aliphatic rings. The Morgan fingerprint density at radius 1 is 1.06 bits per heavy atom. The highest BCUT2D eigenvalue weighted by Gasteiger charge is 2.34. The van der Waals surface area contributed by atoms with Crippen LogP contribution in [-0.2, 0) is 14.3 Å². The van der Waals surface area contributed by atoms with E-state index in [1.807, 2.05) is 64.1 Å². The zero-order valence-corrected chi connectivity index (χ0v) is 29.9. The highest BCUT2D eigenvalue weighted by atomic mass is 35.5. The van der Waals surface area contributed by atoms with Crippen LogP contribution in [0.5, 0.6) is 0 Å². The molecule has 252 valence electrons. The quantitative estimate of drug-likeness (QED) is 0.173. The fraction of sp³-hybridized carbons (Fsp3) is 0.459. The number of pyridine rings is 1. The maximum atomic E-state index is 12.8. The van der Waals surface area contributed by atoms with E-state index < -0.39 is 17.7 Å². The van der Waals surface area contributed by atoms with Crippen LogP contribution in [0.4, 0.5) is 0 Å². The second kappa shape index (κ2) is 12.8. The Kier molecular flexibility index (Phi) is 8.83. The molecule has 2 aliphatic heterocycles. The minimum Gasteiger partial charge on any atom is -0.479 e. The van der Waals surface area contributed by atoms with Crippen LogP contribution in [0.15, 0.2) is 42.5 Å². The van der Waals surface area contributed by atoms with Gasteiger partial charge in [-0.15, -0.1) is 11.3 Å². The first-order valence-electron chi connectivity index (χ1n) is 16.7. The molecule has 0 saturated carbocycles. The lowest BCUT2D eigenvalue weighted by molar-refractivity contribution is -0.160. The number of fused-ring (bicyclic) bond motifs is 2. The standard InChI is InChI=1S/C37H42ClN5O4S/c1-20(2)43-32(23-13-15-42(16-14-23)25-18-46-19-25)31-26(41-43)11-12-27(39-31)35-40-28-17-21(3)29(33(36(44)45)47-37(4,5)6)30(34(28)48-35)22-7-9-24(38)10-8-22/h7-12,17,20,23,25,33H,13-16,18-19H2,1-6H3,(H,44,45)/t33-/m0/s1. The summed E-state index contributed by atoms with van der Waals surface area (Å²) in [5, 5.41) is 16.8. The molecule has 5 aromatic rings. The zero-order chi connectivity index (χ0) is 33.9. The number of likely N-dealkylation sites (tertiary alicyclic amines) is 1. The number of nitrogens with zero attached hydrogens (tertiary/aromatic N) is 5. The number of piperidine rings is 1. The number of carboxylic acid groups (broad SMARTS) is 1. The zero-order valence-electron chi connectivity index (χ0n) is 28.3. The topological polar surface area (TPSA) is 103 Å². The van der Waals surface area contributed by atoms with Crippen molar-refractivity contribution in [3.8, 4) is 21.8 Å². The first-order valence-corrected chi connectivity index (χ1v) is 17.9. The van der Waals surface area contributed by atoms with E-state index in [2.05, 4.69) is 29.5 Å². The van der Waals surface area contributed by atoms with E-state index in [1.54, 1.807) is 0 Å². The number of carbonyl (C=O) groups is 1. The van der Waals surface area contributed by atoms with E-state index in [0.29, 0.717) is 22.5 Å². The van der Waals surface area contributed by atoms with Crippen molar-refractivity contribution in [2.24, 2.45) is 0 Å². The summed E-state index contributed by atoms with van der Waals surface area (Å²) >= 11 is 7.81. The number of aromatic nitrogens is 4. The molecular formula is C37H42ClN5O4S. The van der Waals surface area contributed by atoms with Gasteiger partial charge in [-0.2, -0.15) is 5.10 Å². The van der Waals surface area contributed by atoms with Crippen LogP contribution in [0.2, 0.25) is 5.02 Å². The maximum Gasteiger partial charge on any atom is 0.337 e. The number of hydrogen-bond donors (Lipinski definition) is 1. The lowest BCUT2D eigenvalue weighted by Gasteiger charge is -2.41. The largest absolute Gasteiger partial charge is 0.479 e. The fourth-order valence-corrected chi connectivity index (χ4v) is 8.23. The third kappa shape index (κ3) is 6.25. The summed E-state index contributed by atoms with van der Waals surface area (Å²) in [6.45, 7) is 15.7. The van der Waals surface area contributed by atoms with Gasteiger partial charge in [0, 0.05) is 28.1 Å². The average Bonchev–Trinajstić information content (AvgIpc) is 3.60. The molecule has 11 heteroatoms. The molecule has 0 spiro atoms. The molecule has 1 atom stereocenters. The predicted molar refractivity (Wildman–Crippen MR) is 191 cm³/mol. The van der Waals surface area contributed by atoms with Gasteiger partial charge in [0.15, 0.2) is 6.10 Å². The first-order chi connectivity index (χ1) is 22.9. The summed E-state index contributed by atoms with van der Waals surface area (Å²) in [5.74, 6) is -0.675. The smallest absolute Gasteiger partial charge is 0.337 e. The minimum atomic E-state index is -1.17. The molecule has 2 saturated heterocycles. The van der Waals surface area contributed by atoms with Crippen molar-refractivity contribution in [3.63, 3.8) is 0 Å². The Balaban J connectivity index is 1.35. The molecule has 0 amide bonds. The van der Waals surface area contributed by atoms with E-state index in [0.717, 1.165) is 87.8 Å². The van der Waals surface area contributed by atoms with Gasteiger partial charge in [0.05, 0.1) is 46.5 Å². The van der Waals surface area contributed by atoms with Gasteiger partial charge in [0.1, 0.15) is 16.0 Å². The van der Waals surface area contributed by atoms with Crippen molar-refractivity contribution in [3.05, 3.63) is 64.3 Å². The van der Waals surface area contributed by atoms with E-state index >= 15 is 0 Å². The van der Waals surface area contributed by atoms with Crippen LogP contribution in [0.3, 0.4) is 0 Å². The van der Waals surface area contributed by atoms with Gasteiger partial charge in [0.2, 0.25) is 0 Å². The highest BCUT2D eigenvalue weighted by Crippen LogP contribution is 2.45. The molecule has 3 aromatic heterocycles. The summed E-state index contributed by atoms with van der Waals surface area (Å²) in [7, 11) is 0. The molecule has 1 N–H and O–H groups in total. The second-order valence-corrected chi connectivity index (χ2v) is 15.7. The molecule has 7 rings (SSSR count). The normalized spacial score (nSPS) is 17.4. The van der Waals surface area contributed by atoms with Gasteiger partial charge >= 0.3 is 5.97 Å². The summed E-state index contributed by atoms with van der Waals surface area (Å²) < 4.78 is 14.7. The van der Waals surface area contributed by atoms with Gasteiger partial charge in [0.25, 0.3) is 0 Å². The third-order valence-corrected chi connectivity index (χ3v) is 10.7. The molecule has 5 heterocycles. The first kappa shape index (κ1) is 33.1. The van der Waals surface area contributed by atoms with Gasteiger partial charge in [-0.25, -0.2) is 14.8 Å². The number of ether oxygens (including phenoxy) is 2. The van der Waals surface area contributed by atoms with Gasteiger partial charge in [-0.1, -0.05) is 23.7 Å². The van der Waals surface area contributed by atoms with Crippen LogP contribution in [0.1, 0.15) is 82.3 Å². The van der Waals surface area contributed by atoms with Crippen LogP contribution in [-0.4, -0.2) is 73.7 Å². The number of carboxylic acids is 1. The number of aliphatic carboxylic acids is 1. The molecule has 0 bridgehead atoms. The van der Waals surface area contributed by atoms with Crippen molar-refractivity contribution in [1.29, 1.82) is 0 Å². The Bertz CT molecular complexity index is 1990. The van der Waals surface area contributed by atoms with Gasteiger partial charge in [-0.3, -0.25) is 9.58 Å². The molecule has 0 unspecified atom stereocenters. The van der Waals surface area contributed by atoms with E-state index in [-0.39, 0.29) is 6.04 Å². The average molecular weight is 688 g/mol. The number of thiazole rings is 1. The van der Waals surface area contributed by atoms with Crippen LogP contribution >= 0.6 is 22.9 Å². The monoisotopic (exact) mass is 687 g/mol. The molecule has 2 aromatic carbocycles. The molecule has 48 heavy (non-hydrogen) atoms. The van der Waals surface area contributed by atoms with E-state index in [9.17, 15) is 9.90 Å². The summed E-state index contributed by atoms with van der Waals surface area (Å²) in [6, 6.07) is 14.3. The Morgan fingerprint density at radius 3 is 2.38 bits per heavy atom. The lowest BCUT2D eigenvalue weighted by atomic mass is 9.91. The van der Waals surface area contributed by atoms with Crippen molar-refractivity contribution >= 4 is 50.2 Å².